The van der Waals surface area contributed by atoms with Gasteiger partial charge in [-0.2, -0.15) is 5.10 Å². The molecule has 134 valence electrons. The summed E-state index contributed by atoms with van der Waals surface area (Å²) in [6.45, 7) is 24.6. The molecule has 1 rings (SSSR count). The molecule has 1 aliphatic rings. The zero-order valence-electron chi connectivity index (χ0n) is 16.7. The van der Waals surface area contributed by atoms with Crippen molar-refractivity contribution in [3.8, 4) is 0 Å². The molecule has 0 bridgehead atoms. The predicted octanol–water partition coefficient (Wildman–Crippen LogP) is 6.70. The van der Waals surface area contributed by atoms with Crippen molar-refractivity contribution in [2.75, 3.05) is 0 Å². The molecule has 0 spiro atoms. The van der Waals surface area contributed by atoms with E-state index in [1.807, 2.05) is 29.4 Å². The van der Waals surface area contributed by atoms with Crippen molar-refractivity contribution in [2.45, 2.75) is 48.0 Å². The Balaban J connectivity index is 3.20. The summed E-state index contributed by atoms with van der Waals surface area (Å²) in [5, 5.41) is 6.54. The van der Waals surface area contributed by atoms with Gasteiger partial charge in [0.25, 0.3) is 0 Å². The highest BCUT2D eigenvalue weighted by atomic mass is 15.5. The number of rotatable bonds is 7. The molecule has 0 aromatic heterocycles. The van der Waals surface area contributed by atoms with E-state index in [0.29, 0.717) is 5.92 Å². The fourth-order valence-corrected chi connectivity index (χ4v) is 2.34. The Morgan fingerprint density at radius 1 is 1.20 bits per heavy atom. The maximum atomic E-state index is 4.71. The van der Waals surface area contributed by atoms with E-state index >= 15 is 0 Å². The van der Waals surface area contributed by atoms with Gasteiger partial charge in [-0.15, -0.1) is 0 Å². The Bertz CT molecular complexity index is 704. The topological polar surface area (TPSA) is 15.6 Å². The molecule has 25 heavy (non-hydrogen) atoms. The first kappa shape index (κ1) is 20.7. The van der Waals surface area contributed by atoms with Crippen molar-refractivity contribution >= 4 is 5.71 Å². The lowest BCUT2D eigenvalue weighted by Gasteiger charge is -2.21. The average molecular weight is 337 g/mol. The summed E-state index contributed by atoms with van der Waals surface area (Å²) in [6.07, 6.45) is 11.1. The molecule has 0 aromatic carbocycles. The molecule has 1 unspecified atom stereocenters. The third-order valence-corrected chi connectivity index (χ3v) is 4.30. The van der Waals surface area contributed by atoms with Crippen LogP contribution in [0.5, 0.6) is 0 Å². The molecule has 1 aliphatic heterocycles. The van der Waals surface area contributed by atoms with Crippen molar-refractivity contribution < 1.29 is 0 Å². The summed E-state index contributed by atoms with van der Waals surface area (Å²) in [7, 11) is 0. The van der Waals surface area contributed by atoms with Crippen molar-refractivity contribution in [3.05, 3.63) is 83.8 Å². The Labute approximate surface area is 154 Å². The molecular formula is C23H32N2. The lowest BCUT2D eigenvalue weighted by Crippen LogP contribution is -2.16. The molecule has 1 heterocycles. The highest BCUT2D eigenvalue weighted by molar-refractivity contribution is 6.08. The maximum absolute atomic E-state index is 4.71. The Morgan fingerprint density at radius 3 is 2.36 bits per heavy atom. The summed E-state index contributed by atoms with van der Waals surface area (Å²) in [4.78, 5) is 0. The number of hydrazone groups is 1. The molecule has 0 N–H and O–H groups in total. The van der Waals surface area contributed by atoms with Gasteiger partial charge in [0, 0.05) is 6.20 Å². The molecule has 0 aromatic rings. The Morgan fingerprint density at radius 2 is 1.84 bits per heavy atom. The van der Waals surface area contributed by atoms with Gasteiger partial charge in [0.15, 0.2) is 0 Å². The van der Waals surface area contributed by atoms with Gasteiger partial charge in [-0.25, -0.2) is 5.01 Å². The smallest absolute Gasteiger partial charge is 0.0869 e. The molecule has 0 fully saturated rings. The SMILES string of the molecule is C=C/C(C)=C(\C=C(/C)C1=NN(C=C(C)C)C(=C)C=C1)CC(C)C(=C)C. The largest absolute Gasteiger partial charge is 0.241 e. The average Bonchev–Trinajstić information content (AvgIpc) is 2.54. The van der Waals surface area contributed by atoms with Crippen molar-refractivity contribution in [2.24, 2.45) is 11.0 Å². The minimum absolute atomic E-state index is 0.430. The molecule has 0 aliphatic carbocycles. The number of allylic oxidation sites excluding steroid dienone is 9. The Kier molecular flexibility index (Phi) is 7.63. The second kappa shape index (κ2) is 9.22. The van der Waals surface area contributed by atoms with Gasteiger partial charge < -0.3 is 0 Å². The summed E-state index contributed by atoms with van der Waals surface area (Å²) in [6, 6.07) is 0. The highest BCUT2D eigenvalue weighted by Crippen LogP contribution is 2.24. The molecule has 2 heteroatoms. The van der Waals surface area contributed by atoms with Gasteiger partial charge in [-0.3, -0.25) is 0 Å². The van der Waals surface area contributed by atoms with E-state index in [0.717, 1.165) is 23.4 Å². The first-order chi connectivity index (χ1) is 11.6. The molecule has 0 amide bonds. The van der Waals surface area contributed by atoms with E-state index in [2.05, 4.69) is 67.4 Å². The molecule has 0 radical (unpaired) electrons. The molecule has 0 saturated carbocycles. The highest BCUT2D eigenvalue weighted by Gasteiger charge is 2.12. The molecule has 1 atom stereocenters. The zero-order valence-corrected chi connectivity index (χ0v) is 16.7. The van der Waals surface area contributed by atoms with Crippen LogP contribution < -0.4 is 0 Å². The minimum atomic E-state index is 0.430. The van der Waals surface area contributed by atoms with Crippen LogP contribution in [0.25, 0.3) is 0 Å². The van der Waals surface area contributed by atoms with Gasteiger partial charge in [0.1, 0.15) is 0 Å². The van der Waals surface area contributed by atoms with Crippen LogP contribution in [-0.4, -0.2) is 10.7 Å². The van der Waals surface area contributed by atoms with Crippen LogP contribution in [0.1, 0.15) is 48.0 Å². The quantitative estimate of drug-likeness (QED) is 0.373. The monoisotopic (exact) mass is 336 g/mol. The van der Waals surface area contributed by atoms with Crippen LogP contribution in [0, 0.1) is 5.92 Å². The van der Waals surface area contributed by atoms with Crippen molar-refractivity contribution in [1.29, 1.82) is 0 Å². The number of hydrogen-bond donors (Lipinski definition) is 0. The third kappa shape index (κ3) is 6.22. The van der Waals surface area contributed by atoms with E-state index in [-0.39, 0.29) is 0 Å². The van der Waals surface area contributed by atoms with E-state index in [1.54, 1.807) is 0 Å². The van der Waals surface area contributed by atoms with E-state index < -0.39 is 0 Å². The Hall–Kier alpha value is -2.35. The summed E-state index contributed by atoms with van der Waals surface area (Å²) >= 11 is 0. The number of hydrogen-bond acceptors (Lipinski definition) is 2. The number of nitrogens with zero attached hydrogens (tertiary/aromatic N) is 2. The van der Waals surface area contributed by atoms with E-state index in [4.69, 9.17) is 5.10 Å². The van der Waals surface area contributed by atoms with Crippen LogP contribution in [0.4, 0.5) is 0 Å². The third-order valence-electron chi connectivity index (χ3n) is 4.30. The van der Waals surface area contributed by atoms with Crippen LogP contribution in [0.15, 0.2) is 88.9 Å². The zero-order chi connectivity index (χ0) is 19.1. The molecule has 2 nitrogen and oxygen atoms in total. The summed E-state index contributed by atoms with van der Waals surface area (Å²) < 4.78 is 0. The fourth-order valence-electron chi connectivity index (χ4n) is 2.34. The van der Waals surface area contributed by atoms with Crippen molar-refractivity contribution in [1.82, 2.24) is 5.01 Å². The lowest BCUT2D eigenvalue weighted by molar-refractivity contribution is 0.508. The van der Waals surface area contributed by atoms with Crippen LogP contribution in [-0.2, 0) is 0 Å². The summed E-state index contributed by atoms with van der Waals surface area (Å²) in [5.74, 6) is 0.430. The van der Waals surface area contributed by atoms with E-state index in [9.17, 15) is 0 Å². The minimum Gasteiger partial charge on any atom is -0.241 e. The van der Waals surface area contributed by atoms with Crippen LogP contribution in [0.3, 0.4) is 0 Å². The second-order valence-electron chi connectivity index (χ2n) is 7.05. The van der Waals surface area contributed by atoms with Gasteiger partial charge in [-0.1, -0.05) is 50.0 Å². The van der Waals surface area contributed by atoms with Gasteiger partial charge in [-0.05, 0) is 75.8 Å². The van der Waals surface area contributed by atoms with Gasteiger partial charge in [0.2, 0.25) is 0 Å². The van der Waals surface area contributed by atoms with Crippen LogP contribution in [0.2, 0.25) is 0 Å². The normalized spacial score (nSPS) is 16.9. The second-order valence-corrected chi connectivity index (χ2v) is 7.05. The first-order valence-electron chi connectivity index (χ1n) is 8.71. The van der Waals surface area contributed by atoms with Gasteiger partial charge in [0.05, 0.1) is 11.4 Å². The maximum Gasteiger partial charge on any atom is 0.0869 e. The van der Waals surface area contributed by atoms with E-state index in [1.165, 1.54) is 22.3 Å². The van der Waals surface area contributed by atoms with Gasteiger partial charge >= 0.3 is 0 Å². The van der Waals surface area contributed by atoms with Crippen LogP contribution >= 0.6 is 0 Å². The lowest BCUT2D eigenvalue weighted by atomic mass is 9.91. The first-order valence-corrected chi connectivity index (χ1v) is 8.71. The standard InChI is InChI=1S/C23H32N2/c1-10-18(6)22(13-19(7)17(4)5)14-20(8)23-12-11-21(9)25(24-23)15-16(2)3/h10-12,14-15,19H,1,4,9,13H2,2-3,5-8H3/b20-14+,22-18-. The predicted molar refractivity (Wildman–Crippen MR) is 112 cm³/mol. The fraction of sp³-hybridized carbons (Fsp3) is 0.348. The van der Waals surface area contributed by atoms with Crippen molar-refractivity contribution in [3.63, 3.8) is 0 Å². The molecule has 0 saturated heterocycles. The molecular weight excluding hydrogens is 304 g/mol. The summed E-state index contributed by atoms with van der Waals surface area (Å²) in [5.41, 5.74) is 7.78.